The van der Waals surface area contributed by atoms with Crippen LogP contribution >= 0.6 is 0 Å². The van der Waals surface area contributed by atoms with Crippen LogP contribution < -0.4 is 14.4 Å². The number of hydrogen-bond acceptors (Lipinski definition) is 5. The summed E-state index contributed by atoms with van der Waals surface area (Å²) < 4.78 is 33.0. The van der Waals surface area contributed by atoms with Crippen LogP contribution in [0.3, 0.4) is 0 Å². The van der Waals surface area contributed by atoms with E-state index in [1.807, 2.05) is 98.8 Å². The Bertz CT molecular complexity index is 1630. The molecule has 0 spiro atoms. The predicted molar refractivity (Wildman–Crippen MR) is 174 cm³/mol. The van der Waals surface area contributed by atoms with Gasteiger partial charge in [0.25, 0.3) is 0 Å². The Morgan fingerprint density at radius 3 is 2.00 bits per heavy atom. The first-order valence-corrected chi connectivity index (χ1v) is 16.4. The largest absolute Gasteiger partial charge is 0.489 e. The molecule has 0 unspecified atom stereocenters. The summed E-state index contributed by atoms with van der Waals surface area (Å²) in [5.41, 5.74) is 4.05. The van der Waals surface area contributed by atoms with Crippen LogP contribution in [0.1, 0.15) is 29.2 Å². The van der Waals surface area contributed by atoms with Gasteiger partial charge in [0.2, 0.25) is 21.8 Å². The Labute approximate surface area is 260 Å². The number of hydrogen-bond donors (Lipinski definition) is 1. The summed E-state index contributed by atoms with van der Waals surface area (Å²) in [6.07, 6.45) is 1.34. The highest BCUT2D eigenvalue weighted by Crippen LogP contribution is 2.24. The molecule has 0 aliphatic carbocycles. The standard InChI is InChI=1S/C35H39N3O5S/c1-4-36-35(40)33(23-28-14-7-5-8-15-28)37(24-30-18-12-11-13-27(30)2)34(39)25-38(44(3,41)42)31-19-21-32(22-20-31)43-26-29-16-9-6-10-17-29/h5-22,33H,4,23-26H2,1-3H3,(H,36,40)/t33-/m0/s1. The first kappa shape index (κ1) is 32.3. The first-order valence-electron chi connectivity index (χ1n) is 14.6. The molecule has 0 bridgehead atoms. The van der Waals surface area contributed by atoms with E-state index in [1.165, 1.54) is 4.90 Å². The van der Waals surface area contributed by atoms with Gasteiger partial charge < -0.3 is 15.0 Å². The minimum Gasteiger partial charge on any atom is -0.489 e. The number of nitrogens with zero attached hydrogens (tertiary/aromatic N) is 2. The molecule has 0 aliphatic heterocycles. The van der Waals surface area contributed by atoms with Gasteiger partial charge in [0.1, 0.15) is 24.9 Å². The molecule has 230 valence electrons. The van der Waals surface area contributed by atoms with Crippen LogP contribution in [-0.4, -0.2) is 50.5 Å². The van der Waals surface area contributed by atoms with Crippen molar-refractivity contribution in [2.24, 2.45) is 0 Å². The van der Waals surface area contributed by atoms with Gasteiger partial charge in [-0.05, 0) is 60.4 Å². The number of amides is 2. The predicted octanol–water partition coefficient (Wildman–Crippen LogP) is 5.12. The van der Waals surface area contributed by atoms with E-state index in [2.05, 4.69) is 5.32 Å². The molecular weight excluding hydrogens is 574 g/mol. The van der Waals surface area contributed by atoms with E-state index < -0.39 is 28.5 Å². The lowest BCUT2D eigenvalue weighted by molar-refractivity contribution is -0.140. The number of sulfonamides is 1. The van der Waals surface area contributed by atoms with Crippen molar-refractivity contribution in [1.29, 1.82) is 0 Å². The van der Waals surface area contributed by atoms with Crippen molar-refractivity contribution in [3.05, 3.63) is 131 Å². The molecule has 0 aliphatic rings. The smallest absolute Gasteiger partial charge is 0.244 e. The third-order valence-electron chi connectivity index (χ3n) is 7.28. The van der Waals surface area contributed by atoms with E-state index in [-0.39, 0.29) is 18.9 Å². The molecule has 4 aromatic carbocycles. The van der Waals surface area contributed by atoms with E-state index in [0.29, 0.717) is 24.6 Å². The number of nitrogens with one attached hydrogen (secondary N) is 1. The minimum atomic E-state index is -3.87. The fourth-order valence-electron chi connectivity index (χ4n) is 4.88. The number of anilines is 1. The average molecular weight is 614 g/mol. The summed E-state index contributed by atoms with van der Waals surface area (Å²) in [6.45, 7) is 4.20. The van der Waals surface area contributed by atoms with Crippen LogP contribution in [-0.2, 0) is 39.2 Å². The van der Waals surface area contributed by atoms with Crippen LogP contribution in [0, 0.1) is 6.92 Å². The fraction of sp³-hybridized carbons (Fsp3) is 0.257. The number of aryl methyl sites for hydroxylation is 1. The topological polar surface area (TPSA) is 96.0 Å². The summed E-state index contributed by atoms with van der Waals surface area (Å²) in [6, 6.07) is 32.6. The molecule has 0 fully saturated rings. The molecule has 0 saturated heterocycles. The number of ether oxygens (including phenoxy) is 1. The summed E-state index contributed by atoms with van der Waals surface area (Å²) in [5, 5.41) is 2.87. The molecule has 0 aromatic heterocycles. The second-order valence-electron chi connectivity index (χ2n) is 10.6. The third kappa shape index (κ3) is 8.94. The molecule has 0 saturated carbocycles. The molecule has 4 aromatic rings. The lowest BCUT2D eigenvalue weighted by Gasteiger charge is -2.33. The molecule has 8 nitrogen and oxygen atoms in total. The van der Waals surface area contributed by atoms with E-state index >= 15 is 0 Å². The van der Waals surface area contributed by atoms with Gasteiger partial charge in [-0.3, -0.25) is 13.9 Å². The summed E-state index contributed by atoms with van der Waals surface area (Å²) in [5.74, 6) is -0.225. The van der Waals surface area contributed by atoms with E-state index in [9.17, 15) is 18.0 Å². The van der Waals surface area contributed by atoms with Crippen LogP contribution in [0.4, 0.5) is 5.69 Å². The Balaban J connectivity index is 1.63. The molecule has 44 heavy (non-hydrogen) atoms. The van der Waals surface area contributed by atoms with E-state index in [1.54, 1.807) is 24.3 Å². The van der Waals surface area contributed by atoms with E-state index in [4.69, 9.17) is 4.74 Å². The van der Waals surface area contributed by atoms with Gasteiger partial charge >= 0.3 is 0 Å². The second kappa shape index (κ2) is 15.2. The lowest BCUT2D eigenvalue weighted by Crippen LogP contribution is -2.53. The van der Waals surface area contributed by atoms with Crippen molar-refractivity contribution >= 4 is 27.5 Å². The summed E-state index contributed by atoms with van der Waals surface area (Å²) in [4.78, 5) is 29.1. The quantitative estimate of drug-likeness (QED) is 0.213. The maximum atomic E-state index is 14.2. The highest BCUT2D eigenvalue weighted by atomic mass is 32.2. The normalized spacial score (nSPS) is 11.8. The molecule has 4 rings (SSSR count). The Morgan fingerprint density at radius 1 is 0.818 bits per heavy atom. The van der Waals surface area contributed by atoms with Crippen LogP contribution in [0.25, 0.3) is 0 Å². The summed E-state index contributed by atoms with van der Waals surface area (Å²) in [7, 11) is -3.87. The van der Waals surface area contributed by atoms with Crippen molar-refractivity contribution < 1.29 is 22.7 Å². The van der Waals surface area contributed by atoms with Crippen molar-refractivity contribution in [3.8, 4) is 5.75 Å². The maximum Gasteiger partial charge on any atom is 0.244 e. The van der Waals surface area contributed by atoms with Crippen LogP contribution in [0.15, 0.2) is 109 Å². The highest BCUT2D eigenvalue weighted by molar-refractivity contribution is 7.92. The second-order valence-corrected chi connectivity index (χ2v) is 12.5. The summed E-state index contributed by atoms with van der Waals surface area (Å²) >= 11 is 0. The number of rotatable bonds is 14. The van der Waals surface area contributed by atoms with Gasteiger partial charge in [0, 0.05) is 19.5 Å². The zero-order valence-corrected chi connectivity index (χ0v) is 26.2. The zero-order valence-electron chi connectivity index (χ0n) is 25.3. The van der Waals surface area contributed by atoms with Crippen LogP contribution in [0.5, 0.6) is 5.75 Å². The average Bonchev–Trinajstić information content (AvgIpc) is 3.02. The SMILES string of the molecule is CCNC(=O)[C@H](Cc1ccccc1)N(Cc1ccccc1C)C(=O)CN(c1ccc(OCc2ccccc2)cc1)S(C)(=O)=O. The van der Waals surface area contributed by atoms with Gasteiger partial charge in [-0.25, -0.2) is 8.42 Å². The van der Waals surface area contributed by atoms with Crippen LogP contribution in [0.2, 0.25) is 0 Å². The molecule has 0 heterocycles. The third-order valence-corrected chi connectivity index (χ3v) is 8.42. The van der Waals surface area contributed by atoms with Crippen molar-refractivity contribution in [3.63, 3.8) is 0 Å². The monoisotopic (exact) mass is 613 g/mol. The molecule has 9 heteroatoms. The van der Waals surface area contributed by atoms with Gasteiger partial charge in [-0.15, -0.1) is 0 Å². The maximum absolute atomic E-state index is 14.2. The molecule has 1 N–H and O–H groups in total. The zero-order chi connectivity index (χ0) is 31.5. The van der Waals surface area contributed by atoms with Gasteiger partial charge in [-0.2, -0.15) is 0 Å². The first-order chi connectivity index (χ1) is 21.2. The molecular formula is C35H39N3O5S. The van der Waals surface area contributed by atoms with E-state index in [0.717, 1.165) is 32.8 Å². The Morgan fingerprint density at radius 2 is 1.41 bits per heavy atom. The number of benzene rings is 4. The highest BCUT2D eigenvalue weighted by Gasteiger charge is 2.33. The fourth-order valence-corrected chi connectivity index (χ4v) is 5.73. The Hall–Kier alpha value is -4.63. The van der Waals surface area contributed by atoms with Gasteiger partial charge in [0.05, 0.1) is 11.9 Å². The van der Waals surface area contributed by atoms with Crippen molar-refractivity contribution in [2.45, 2.75) is 39.5 Å². The van der Waals surface area contributed by atoms with Gasteiger partial charge in [-0.1, -0.05) is 84.9 Å². The number of carbonyl (C=O) groups excluding carboxylic acids is 2. The number of likely N-dealkylation sites (N-methyl/N-ethyl adjacent to an activating group) is 1. The lowest BCUT2D eigenvalue weighted by atomic mass is 10.0. The number of carbonyl (C=O) groups is 2. The van der Waals surface area contributed by atoms with Crippen molar-refractivity contribution in [1.82, 2.24) is 10.2 Å². The van der Waals surface area contributed by atoms with Gasteiger partial charge in [0.15, 0.2) is 0 Å². The Kier molecular flexibility index (Phi) is 11.2. The molecule has 0 radical (unpaired) electrons. The molecule has 2 amide bonds. The minimum absolute atomic E-state index is 0.143. The molecule has 1 atom stereocenters. The van der Waals surface area contributed by atoms with Crippen molar-refractivity contribution in [2.75, 3.05) is 23.7 Å².